The summed E-state index contributed by atoms with van der Waals surface area (Å²) in [4.78, 5) is 14.2. The lowest BCUT2D eigenvalue weighted by atomic mass is 10.0. The quantitative estimate of drug-likeness (QED) is 0.915. The fourth-order valence-electron chi connectivity index (χ4n) is 2.64. The van der Waals surface area contributed by atoms with Crippen molar-refractivity contribution in [3.63, 3.8) is 0 Å². The van der Waals surface area contributed by atoms with Crippen molar-refractivity contribution in [2.45, 2.75) is 38.6 Å². The van der Waals surface area contributed by atoms with Crippen molar-refractivity contribution >= 4 is 21.8 Å². The summed E-state index contributed by atoms with van der Waals surface area (Å²) in [6.45, 7) is 6.82. The van der Waals surface area contributed by atoms with Crippen molar-refractivity contribution in [1.82, 2.24) is 10.2 Å². The van der Waals surface area contributed by atoms with Gasteiger partial charge in [-0.1, -0.05) is 34.1 Å². The molecular formula is C16H23BrN2O. The number of benzene rings is 1. The van der Waals surface area contributed by atoms with Crippen LogP contribution in [-0.4, -0.2) is 36.0 Å². The van der Waals surface area contributed by atoms with Crippen molar-refractivity contribution < 1.29 is 4.79 Å². The maximum Gasteiger partial charge on any atom is 0.222 e. The summed E-state index contributed by atoms with van der Waals surface area (Å²) in [5.74, 6) is 0.284. The van der Waals surface area contributed by atoms with Crippen LogP contribution in [0.2, 0.25) is 0 Å². The fraction of sp³-hybridized carbons (Fsp3) is 0.562. The average molecular weight is 339 g/mol. The minimum Gasteiger partial charge on any atom is -0.340 e. The van der Waals surface area contributed by atoms with E-state index in [9.17, 15) is 4.79 Å². The summed E-state index contributed by atoms with van der Waals surface area (Å²) in [5.41, 5.74) is 1.32. The topological polar surface area (TPSA) is 32.3 Å². The molecule has 1 fully saturated rings. The molecule has 1 aliphatic rings. The Kier molecular flexibility index (Phi) is 5.22. The molecule has 1 heterocycles. The van der Waals surface area contributed by atoms with E-state index in [1.807, 2.05) is 17.0 Å². The molecule has 1 aliphatic heterocycles. The molecule has 4 heteroatoms. The van der Waals surface area contributed by atoms with E-state index in [0.717, 1.165) is 36.9 Å². The Bertz CT molecular complexity index is 473. The minimum absolute atomic E-state index is 0.0381. The molecule has 0 atom stereocenters. The van der Waals surface area contributed by atoms with Gasteiger partial charge in [-0.2, -0.15) is 0 Å². The normalized spacial score (nSPS) is 18.1. The molecule has 20 heavy (non-hydrogen) atoms. The minimum atomic E-state index is 0.0381. The van der Waals surface area contributed by atoms with E-state index in [1.165, 1.54) is 5.56 Å². The Labute approximate surface area is 129 Å². The molecule has 0 unspecified atom stereocenters. The highest BCUT2D eigenvalue weighted by atomic mass is 79.9. The summed E-state index contributed by atoms with van der Waals surface area (Å²) in [6, 6.07) is 8.22. The van der Waals surface area contributed by atoms with Crippen molar-refractivity contribution in [2.24, 2.45) is 0 Å². The molecule has 1 aromatic rings. The van der Waals surface area contributed by atoms with E-state index in [2.05, 4.69) is 47.2 Å². The molecule has 110 valence electrons. The van der Waals surface area contributed by atoms with Crippen LogP contribution in [0.15, 0.2) is 28.7 Å². The lowest BCUT2D eigenvalue weighted by Gasteiger charge is -2.39. The summed E-state index contributed by atoms with van der Waals surface area (Å²) in [5, 5.41) is 3.43. The predicted octanol–water partition coefficient (Wildman–Crippen LogP) is 2.98. The molecule has 1 aromatic carbocycles. The Hall–Kier alpha value is -0.870. The third-order valence-electron chi connectivity index (χ3n) is 3.72. The number of hydrogen-bond donors (Lipinski definition) is 1. The molecule has 0 spiro atoms. The van der Waals surface area contributed by atoms with Crippen LogP contribution in [0.25, 0.3) is 0 Å². The van der Waals surface area contributed by atoms with Crippen LogP contribution in [0.1, 0.15) is 32.3 Å². The lowest BCUT2D eigenvalue weighted by molar-refractivity contribution is -0.133. The van der Waals surface area contributed by atoms with Crippen LogP contribution in [0, 0.1) is 0 Å². The molecule has 0 radical (unpaired) electrons. The number of carbonyl (C=O) groups excluding carboxylic acids is 1. The van der Waals surface area contributed by atoms with Gasteiger partial charge in [0.05, 0.1) is 0 Å². The van der Waals surface area contributed by atoms with Crippen molar-refractivity contribution in [1.29, 1.82) is 0 Å². The molecule has 1 amide bonds. The molecular weight excluding hydrogens is 316 g/mol. The first-order valence-electron chi connectivity index (χ1n) is 7.24. The average Bonchev–Trinajstić information content (AvgIpc) is 2.39. The van der Waals surface area contributed by atoms with Crippen LogP contribution in [0.5, 0.6) is 0 Å². The highest BCUT2D eigenvalue weighted by Gasteiger charge is 2.27. The molecule has 0 aliphatic carbocycles. The van der Waals surface area contributed by atoms with Crippen LogP contribution >= 0.6 is 15.9 Å². The SMILES string of the molecule is CC1(C)CN(C(=O)CCCc2ccccc2Br)CCN1. The molecule has 0 bridgehead atoms. The zero-order valence-electron chi connectivity index (χ0n) is 12.3. The first-order chi connectivity index (χ1) is 9.48. The van der Waals surface area contributed by atoms with Crippen LogP contribution in [0.4, 0.5) is 0 Å². The summed E-state index contributed by atoms with van der Waals surface area (Å²) >= 11 is 3.55. The number of halogens is 1. The number of rotatable bonds is 4. The van der Waals surface area contributed by atoms with Crippen LogP contribution in [0.3, 0.4) is 0 Å². The summed E-state index contributed by atoms with van der Waals surface area (Å²) in [6.07, 6.45) is 2.49. The Balaban J connectivity index is 1.79. The Morgan fingerprint density at radius 3 is 2.85 bits per heavy atom. The predicted molar refractivity (Wildman–Crippen MR) is 85.7 cm³/mol. The smallest absolute Gasteiger partial charge is 0.222 e. The van der Waals surface area contributed by atoms with Gasteiger partial charge in [0, 0.05) is 36.1 Å². The van der Waals surface area contributed by atoms with Gasteiger partial charge in [0.25, 0.3) is 0 Å². The standard InChI is InChI=1S/C16H23BrN2O/c1-16(2)12-19(11-10-18-16)15(20)9-5-7-13-6-3-4-8-14(13)17/h3-4,6,8,18H,5,7,9-12H2,1-2H3. The third-order valence-corrected chi connectivity index (χ3v) is 4.49. The molecule has 1 N–H and O–H groups in total. The largest absolute Gasteiger partial charge is 0.340 e. The van der Waals surface area contributed by atoms with Crippen molar-refractivity contribution in [3.05, 3.63) is 34.3 Å². The van der Waals surface area contributed by atoms with E-state index in [4.69, 9.17) is 0 Å². The van der Waals surface area contributed by atoms with Gasteiger partial charge in [0.1, 0.15) is 0 Å². The number of nitrogens with zero attached hydrogens (tertiary/aromatic N) is 1. The maximum atomic E-state index is 12.2. The second-order valence-electron chi connectivity index (χ2n) is 6.07. The van der Waals surface area contributed by atoms with E-state index in [1.54, 1.807) is 0 Å². The molecule has 1 saturated heterocycles. The van der Waals surface area contributed by atoms with E-state index in [0.29, 0.717) is 6.42 Å². The van der Waals surface area contributed by atoms with Gasteiger partial charge in [-0.25, -0.2) is 0 Å². The monoisotopic (exact) mass is 338 g/mol. The third kappa shape index (κ3) is 4.32. The lowest BCUT2D eigenvalue weighted by Crippen LogP contribution is -2.58. The van der Waals surface area contributed by atoms with Crippen LogP contribution < -0.4 is 5.32 Å². The molecule has 2 rings (SSSR count). The van der Waals surface area contributed by atoms with Gasteiger partial charge >= 0.3 is 0 Å². The van der Waals surface area contributed by atoms with E-state index < -0.39 is 0 Å². The molecule has 0 aromatic heterocycles. The first kappa shape index (κ1) is 15.5. The number of amides is 1. The summed E-state index contributed by atoms with van der Waals surface area (Å²) < 4.78 is 1.13. The van der Waals surface area contributed by atoms with Gasteiger partial charge in [-0.15, -0.1) is 0 Å². The van der Waals surface area contributed by atoms with Crippen LogP contribution in [-0.2, 0) is 11.2 Å². The molecule has 3 nitrogen and oxygen atoms in total. The number of nitrogens with one attached hydrogen (secondary N) is 1. The first-order valence-corrected chi connectivity index (χ1v) is 8.03. The zero-order valence-corrected chi connectivity index (χ0v) is 13.9. The van der Waals surface area contributed by atoms with Gasteiger partial charge in [-0.05, 0) is 38.3 Å². The molecule has 0 saturated carbocycles. The number of carbonyl (C=O) groups is 1. The Morgan fingerprint density at radius 2 is 2.15 bits per heavy atom. The van der Waals surface area contributed by atoms with Gasteiger partial charge < -0.3 is 10.2 Å². The van der Waals surface area contributed by atoms with Gasteiger partial charge in [0.15, 0.2) is 0 Å². The second kappa shape index (κ2) is 6.72. The number of hydrogen-bond acceptors (Lipinski definition) is 2. The van der Waals surface area contributed by atoms with E-state index >= 15 is 0 Å². The summed E-state index contributed by atoms with van der Waals surface area (Å²) in [7, 11) is 0. The number of aryl methyl sites for hydroxylation is 1. The highest BCUT2D eigenvalue weighted by Crippen LogP contribution is 2.18. The highest BCUT2D eigenvalue weighted by molar-refractivity contribution is 9.10. The van der Waals surface area contributed by atoms with E-state index in [-0.39, 0.29) is 11.4 Å². The maximum absolute atomic E-state index is 12.2. The number of piperazine rings is 1. The van der Waals surface area contributed by atoms with Gasteiger partial charge in [0.2, 0.25) is 5.91 Å². The Morgan fingerprint density at radius 1 is 1.40 bits per heavy atom. The van der Waals surface area contributed by atoms with Crippen molar-refractivity contribution in [2.75, 3.05) is 19.6 Å². The second-order valence-corrected chi connectivity index (χ2v) is 6.93. The zero-order chi connectivity index (χ0) is 14.6. The van der Waals surface area contributed by atoms with Crippen molar-refractivity contribution in [3.8, 4) is 0 Å². The fourth-order valence-corrected chi connectivity index (χ4v) is 3.13. The van der Waals surface area contributed by atoms with Gasteiger partial charge in [-0.3, -0.25) is 4.79 Å².